The molecule has 0 spiro atoms. The van der Waals surface area contributed by atoms with Gasteiger partial charge in [0.25, 0.3) is 0 Å². The lowest BCUT2D eigenvalue weighted by Gasteiger charge is -2.08. The van der Waals surface area contributed by atoms with Crippen molar-refractivity contribution in [2.45, 2.75) is 0 Å². The van der Waals surface area contributed by atoms with E-state index in [-0.39, 0.29) is 0 Å². The highest BCUT2D eigenvalue weighted by atomic mass is 32.2. The van der Waals surface area contributed by atoms with Crippen molar-refractivity contribution in [2.24, 2.45) is 0 Å². The van der Waals surface area contributed by atoms with E-state index in [1.54, 1.807) is 34.9 Å². The Kier molecular flexibility index (Phi) is 4.95. The van der Waals surface area contributed by atoms with E-state index in [1.165, 1.54) is 0 Å². The molecule has 2 aromatic heterocycles. The fourth-order valence-corrected chi connectivity index (χ4v) is 2.96. The van der Waals surface area contributed by atoms with E-state index in [1.807, 2.05) is 18.2 Å². The van der Waals surface area contributed by atoms with Crippen LogP contribution in [0.1, 0.15) is 5.69 Å². The summed E-state index contributed by atoms with van der Waals surface area (Å²) in [5.74, 6) is 1.12. The Morgan fingerprint density at radius 2 is 2.00 bits per heavy atom. The van der Waals surface area contributed by atoms with Crippen LogP contribution in [-0.4, -0.2) is 37.2 Å². The Bertz CT molecular complexity index is 1050. The lowest BCUT2D eigenvalue weighted by Crippen LogP contribution is -2.12. The molecule has 134 valence electrons. The van der Waals surface area contributed by atoms with Gasteiger partial charge in [0, 0.05) is 11.9 Å². The van der Waals surface area contributed by atoms with Gasteiger partial charge in [0.15, 0.2) is 11.5 Å². The van der Waals surface area contributed by atoms with Gasteiger partial charge in [-0.1, -0.05) is 6.07 Å². The molecule has 2 heterocycles. The molecule has 9 heteroatoms. The maximum atomic E-state index is 11.2. The first-order valence-electron chi connectivity index (χ1n) is 7.78. The van der Waals surface area contributed by atoms with Gasteiger partial charge < -0.3 is 10.1 Å². The zero-order valence-electron chi connectivity index (χ0n) is 14.0. The van der Waals surface area contributed by atoms with Crippen LogP contribution in [0.25, 0.3) is 5.65 Å². The van der Waals surface area contributed by atoms with Crippen molar-refractivity contribution in [1.29, 1.82) is 5.26 Å². The van der Waals surface area contributed by atoms with Crippen molar-refractivity contribution in [3.05, 3.63) is 54.4 Å². The first kappa shape index (κ1) is 17.6. The smallest absolute Gasteiger partial charge is 0.229 e. The maximum Gasteiger partial charge on any atom is 0.229 e. The van der Waals surface area contributed by atoms with Gasteiger partial charge in [0.1, 0.15) is 24.1 Å². The average molecular weight is 371 g/mol. The number of imidazole rings is 1. The minimum atomic E-state index is -3.30. The number of benzene rings is 1. The lowest BCUT2D eigenvalue weighted by atomic mass is 10.3. The summed E-state index contributed by atoms with van der Waals surface area (Å²) in [6.07, 6.45) is 2.88. The molecule has 0 aliphatic rings. The molecule has 0 unspecified atom stereocenters. The van der Waals surface area contributed by atoms with Gasteiger partial charge in [-0.25, -0.2) is 13.4 Å². The molecule has 1 aromatic carbocycles. The molecule has 0 saturated heterocycles. The number of aromatic nitrogens is 2. The Morgan fingerprint density at radius 3 is 2.69 bits per heavy atom. The van der Waals surface area contributed by atoms with Crippen LogP contribution in [0.15, 0.2) is 48.7 Å². The van der Waals surface area contributed by atoms with Crippen LogP contribution in [0.2, 0.25) is 0 Å². The third kappa shape index (κ3) is 4.23. The highest BCUT2D eigenvalue weighted by molar-refractivity contribution is 7.92. The van der Waals surface area contributed by atoms with Crippen molar-refractivity contribution in [2.75, 3.05) is 29.4 Å². The summed E-state index contributed by atoms with van der Waals surface area (Å²) in [4.78, 5) is 4.38. The minimum Gasteiger partial charge on any atom is -0.492 e. The van der Waals surface area contributed by atoms with Crippen LogP contribution in [0.5, 0.6) is 5.75 Å². The molecule has 3 rings (SSSR count). The number of sulfonamides is 1. The molecule has 8 nitrogen and oxygen atoms in total. The first-order chi connectivity index (χ1) is 12.5. The van der Waals surface area contributed by atoms with E-state index in [4.69, 9.17) is 4.74 Å². The number of hydrogen-bond donors (Lipinski definition) is 2. The van der Waals surface area contributed by atoms with Crippen LogP contribution in [-0.2, 0) is 10.0 Å². The van der Waals surface area contributed by atoms with Gasteiger partial charge in [0.2, 0.25) is 10.0 Å². The highest BCUT2D eigenvalue weighted by Crippen LogP contribution is 2.18. The summed E-state index contributed by atoms with van der Waals surface area (Å²) in [5, 5.41) is 12.4. The standard InChI is InChI=1S/C17H17N5O3S/c1-26(23,24)21-13-5-7-14(8-6-13)25-11-9-19-17-15(12-18)22-10-3-2-4-16(22)20-17/h2-8,10,19,21H,9,11H2,1H3. The summed E-state index contributed by atoms with van der Waals surface area (Å²) in [7, 11) is -3.30. The molecular weight excluding hydrogens is 354 g/mol. The Hall–Kier alpha value is -3.25. The number of fused-ring (bicyclic) bond motifs is 1. The van der Waals surface area contributed by atoms with E-state index in [0.717, 1.165) is 6.26 Å². The molecule has 26 heavy (non-hydrogen) atoms. The van der Waals surface area contributed by atoms with E-state index < -0.39 is 10.0 Å². The summed E-state index contributed by atoms with van der Waals surface area (Å²) < 4.78 is 32.0. The van der Waals surface area contributed by atoms with Crippen LogP contribution >= 0.6 is 0 Å². The fraction of sp³-hybridized carbons (Fsp3) is 0.176. The highest BCUT2D eigenvalue weighted by Gasteiger charge is 2.10. The van der Waals surface area contributed by atoms with Crippen LogP contribution in [0.3, 0.4) is 0 Å². The second-order valence-electron chi connectivity index (χ2n) is 5.52. The molecule has 3 aromatic rings. The lowest BCUT2D eigenvalue weighted by molar-refractivity contribution is 0.333. The molecule has 0 aliphatic heterocycles. The van der Waals surface area contributed by atoms with E-state index in [9.17, 15) is 13.7 Å². The van der Waals surface area contributed by atoms with Crippen LogP contribution < -0.4 is 14.8 Å². The summed E-state index contributed by atoms with van der Waals surface area (Å²) >= 11 is 0. The number of anilines is 2. The van der Waals surface area contributed by atoms with Gasteiger partial charge in [-0.3, -0.25) is 9.12 Å². The summed E-state index contributed by atoms with van der Waals surface area (Å²) in [6.45, 7) is 0.819. The van der Waals surface area contributed by atoms with Crippen LogP contribution in [0.4, 0.5) is 11.5 Å². The van der Waals surface area contributed by atoms with Gasteiger partial charge in [-0.05, 0) is 36.4 Å². The van der Waals surface area contributed by atoms with Gasteiger partial charge in [-0.2, -0.15) is 5.26 Å². The Labute approximate surface area is 151 Å². The normalized spacial score (nSPS) is 11.1. The average Bonchev–Trinajstić information content (AvgIpc) is 2.96. The molecule has 2 N–H and O–H groups in total. The fourth-order valence-electron chi connectivity index (χ4n) is 2.40. The number of rotatable bonds is 7. The number of nitriles is 1. The molecule has 0 fully saturated rings. The van der Waals surface area contributed by atoms with Gasteiger partial charge >= 0.3 is 0 Å². The Morgan fingerprint density at radius 1 is 1.23 bits per heavy atom. The van der Waals surface area contributed by atoms with Gasteiger partial charge in [0.05, 0.1) is 12.8 Å². The number of hydrogen-bond acceptors (Lipinski definition) is 6. The van der Waals surface area contributed by atoms with E-state index >= 15 is 0 Å². The van der Waals surface area contributed by atoms with Crippen molar-refractivity contribution in [1.82, 2.24) is 9.38 Å². The monoisotopic (exact) mass is 371 g/mol. The third-order valence-electron chi connectivity index (χ3n) is 3.46. The molecule has 0 atom stereocenters. The van der Waals surface area contributed by atoms with E-state index in [0.29, 0.717) is 41.7 Å². The second-order valence-corrected chi connectivity index (χ2v) is 7.27. The largest absolute Gasteiger partial charge is 0.492 e. The molecular formula is C17H17N5O3S. The minimum absolute atomic E-state index is 0.359. The molecule has 0 bridgehead atoms. The second kappa shape index (κ2) is 7.33. The summed E-state index contributed by atoms with van der Waals surface area (Å²) in [5.41, 5.74) is 1.61. The van der Waals surface area contributed by atoms with Crippen LogP contribution in [0, 0.1) is 11.3 Å². The van der Waals surface area contributed by atoms with Crippen molar-refractivity contribution >= 4 is 27.2 Å². The molecule has 0 amide bonds. The van der Waals surface area contributed by atoms with Crippen molar-refractivity contribution < 1.29 is 13.2 Å². The van der Waals surface area contributed by atoms with Crippen molar-refractivity contribution in [3.8, 4) is 11.8 Å². The number of pyridine rings is 1. The predicted molar refractivity (Wildman–Crippen MR) is 98.8 cm³/mol. The van der Waals surface area contributed by atoms with E-state index in [2.05, 4.69) is 21.1 Å². The zero-order chi connectivity index (χ0) is 18.6. The third-order valence-corrected chi connectivity index (χ3v) is 4.06. The number of nitrogens with zero attached hydrogens (tertiary/aromatic N) is 3. The SMILES string of the molecule is CS(=O)(=O)Nc1ccc(OCCNc2nc3ccccn3c2C#N)cc1. The quantitative estimate of drug-likeness (QED) is 0.616. The summed E-state index contributed by atoms with van der Waals surface area (Å²) in [6, 6.07) is 14.3. The Balaban J connectivity index is 1.55. The first-order valence-corrected chi connectivity index (χ1v) is 9.67. The maximum absolute atomic E-state index is 11.2. The predicted octanol–water partition coefficient (Wildman–Crippen LogP) is 2.07. The molecule has 0 aliphatic carbocycles. The van der Waals surface area contributed by atoms with Crippen molar-refractivity contribution in [3.63, 3.8) is 0 Å². The zero-order valence-corrected chi connectivity index (χ0v) is 14.8. The van der Waals surface area contributed by atoms with Gasteiger partial charge in [-0.15, -0.1) is 0 Å². The number of ether oxygens (including phenoxy) is 1. The molecule has 0 radical (unpaired) electrons. The number of nitrogens with one attached hydrogen (secondary N) is 2. The topological polar surface area (TPSA) is 109 Å². The molecule has 0 saturated carbocycles.